The van der Waals surface area contributed by atoms with Gasteiger partial charge in [0.25, 0.3) is 0 Å². The number of hydroxylamine groups is 2. The van der Waals surface area contributed by atoms with Crippen molar-refractivity contribution >= 4 is 11.9 Å². The third-order valence-corrected chi connectivity index (χ3v) is 4.71. The van der Waals surface area contributed by atoms with Gasteiger partial charge in [-0.05, 0) is 13.3 Å². The average molecular weight is 303 g/mol. The predicted octanol–water partition coefficient (Wildman–Crippen LogP) is -3.52. The number of aliphatic imine (C=N–C) groups is 1. The molecule has 10 nitrogen and oxygen atoms in total. The summed E-state index contributed by atoms with van der Waals surface area (Å²) in [5.74, 6) is -2.80. The standard InChI is InChI=1S/C11H17N3O7/c1-10(19)2-3-7(17)13-9(12)14(20)11(3)4(15)6(10)21-8(18)5(11)16/h3-7,15-17,19-20H,2H2,1H3,(H2,12,13)/t3?,4-,5-,6?,7-,10+,11-/m1/s1. The summed E-state index contributed by atoms with van der Waals surface area (Å²) in [5.41, 5.74) is 1.79. The molecule has 1 aliphatic carbocycles. The number of esters is 1. The number of carbonyl (C=O) groups excluding carboxylic acids is 1. The fourth-order valence-corrected chi connectivity index (χ4v) is 3.68. The van der Waals surface area contributed by atoms with Gasteiger partial charge in [0, 0.05) is 5.92 Å². The van der Waals surface area contributed by atoms with Gasteiger partial charge in [0.15, 0.2) is 18.4 Å². The molecule has 3 rings (SSSR count). The zero-order valence-corrected chi connectivity index (χ0v) is 11.1. The third kappa shape index (κ3) is 1.53. The van der Waals surface area contributed by atoms with Crippen LogP contribution in [0.4, 0.5) is 0 Å². The molecule has 0 radical (unpaired) electrons. The topological polar surface area (TPSA) is 169 Å². The van der Waals surface area contributed by atoms with Crippen LogP contribution in [0, 0.1) is 5.92 Å². The van der Waals surface area contributed by atoms with Crippen molar-refractivity contribution in [1.29, 1.82) is 0 Å². The first-order chi connectivity index (χ1) is 9.64. The summed E-state index contributed by atoms with van der Waals surface area (Å²) in [7, 11) is 0. The lowest BCUT2D eigenvalue weighted by atomic mass is 9.59. The number of nitrogens with two attached hydrogens (primary N) is 1. The van der Waals surface area contributed by atoms with E-state index in [0.29, 0.717) is 5.06 Å². The van der Waals surface area contributed by atoms with Gasteiger partial charge >= 0.3 is 5.97 Å². The maximum Gasteiger partial charge on any atom is 0.338 e. The van der Waals surface area contributed by atoms with Gasteiger partial charge in [-0.3, -0.25) is 5.21 Å². The highest BCUT2D eigenvalue weighted by Crippen LogP contribution is 2.51. The smallest absolute Gasteiger partial charge is 0.338 e. The number of ether oxygens (including phenoxy) is 1. The van der Waals surface area contributed by atoms with Crippen molar-refractivity contribution in [2.75, 3.05) is 0 Å². The third-order valence-electron chi connectivity index (χ3n) is 4.71. The summed E-state index contributed by atoms with van der Waals surface area (Å²) in [6, 6.07) is 0. The second-order valence-corrected chi connectivity index (χ2v) is 5.97. The van der Waals surface area contributed by atoms with Crippen LogP contribution in [0.2, 0.25) is 0 Å². The minimum atomic E-state index is -2.02. The van der Waals surface area contributed by atoms with Crippen LogP contribution >= 0.6 is 0 Å². The van der Waals surface area contributed by atoms with Gasteiger partial charge in [-0.25, -0.2) is 14.9 Å². The molecule has 3 aliphatic rings. The molecule has 2 fully saturated rings. The molecule has 1 saturated heterocycles. The van der Waals surface area contributed by atoms with E-state index in [4.69, 9.17) is 10.5 Å². The maximum absolute atomic E-state index is 11.9. The molecule has 2 heterocycles. The summed E-state index contributed by atoms with van der Waals surface area (Å²) in [4.78, 5) is 15.4. The first-order valence-corrected chi connectivity index (χ1v) is 6.43. The van der Waals surface area contributed by atoms with E-state index in [2.05, 4.69) is 4.99 Å². The van der Waals surface area contributed by atoms with Crippen molar-refractivity contribution < 1.29 is 35.2 Å². The minimum absolute atomic E-state index is 0.173. The molecule has 0 aromatic rings. The summed E-state index contributed by atoms with van der Waals surface area (Å²) in [6.45, 7) is 1.33. The largest absolute Gasteiger partial charge is 0.454 e. The summed E-state index contributed by atoms with van der Waals surface area (Å²) in [6.07, 6.45) is -6.69. The first kappa shape index (κ1) is 14.5. The van der Waals surface area contributed by atoms with Crippen molar-refractivity contribution in [2.24, 2.45) is 16.6 Å². The lowest BCUT2D eigenvalue weighted by molar-refractivity contribution is -0.322. The van der Waals surface area contributed by atoms with E-state index in [9.17, 15) is 30.4 Å². The number of carbonyl (C=O) groups is 1. The second kappa shape index (κ2) is 4.05. The molecule has 2 unspecified atom stereocenters. The van der Waals surface area contributed by atoms with Crippen LogP contribution in [0.3, 0.4) is 0 Å². The zero-order chi connectivity index (χ0) is 15.7. The zero-order valence-electron chi connectivity index (χ0n) is 11.1. The highest BCUT2D eigenvalue weighted by atomic mass is 16.6. The van der Waals surface area contributed by atoms with E-state index in [0.717, 1.165) is 0 Å². The maximum atomic E-state index is 11.9. The number of rotatable bonds is 0. The number of hydrogen-bond acceptors (Lipinski definition) is 10. The molecular weight excluding hydrogens is 286 g/mol. The van der Waals surface area contributed by atoms with Crippen LogP contribution in [-0.2, 0) is 9.53 Å². The molecule has 7 atom stereocenters. The monoisotopic (exact) mass is 303 g/mol. The van der Waals surface area contributed by atoms with Crippen molar-refractivity contribution in [3.05, 3.63) is 0 Å². The SMILES string of the molecule is C[C@]1(O)CC2[C@@H](O)N=C(N)N(O)[C@]23[C@H](O)C(=O)OC1[C@H]3O. The molecule has 7 N–H and O–H groups in total. The molecule has 21 heavy (non-hydrogen) atoms. The number of fused-ring (bicyclic) bond motifs is 1. The summed E-state index contributed by atoms with van der Waals surface area (Å²) >= 11 is 0. The number of nitrogens with zero attached hydrogens (tertiary/aromatic N) is 2. The van der Waals surface area contributed by atoms with Gasteiger partial charge in [-0.1, -0.05) is 0 Å². The number of aliphatic hydroxyl groups is 4. The number of guanidine groups is 1. The van der Waals surface area contributed by atoms with Gasteiger partial charge in [-0.15, -0.1) is 0 Å². The molecule has 0 aromatic carbocycles. The van der Waals surface area contributed by atoms with Crippen molar-refractivity contribution in [3.8, 4) is 0 Å². The number of hydrogen-bond donors (Lipinski definition) is 6. The Morgan fingerprint density at radius 3 is 2.67 bits per heavy atom. The Morgan fingerprint density at radius 1 is 1.43 bits per heavy atom. The Hall–Kier alpha value is -1.46. The van der Waals surface area contributed by atoms with Crippen molar-refractivity contribution in [1.82, 2.24) is 5.06 Å². The minimum Gasteiger partial charge on any atom is -0.454 e. The Morgan fingerprint density at radius 2 is 2.05 bits per heavy atom. The Bertz CT molecular complexity index is 524. The van der Waals surface area contributed by atoms with Crippen LogP contribution in [0.25, 0.3) is 0 Å². The van der Waals surface area contributed by atoms with Crippen LogP contribution in [0.1, 0.15) is 13.3 Å². The van der Waals surface area contributed by atoms with Crippen LogP contribution in [0.15, 0.2) is 4.99 Å². The fourth-order valence-electron chi connectivity index (χ4n) is 3.68. The van der Waals surface area contributed by atoms with Gasteiger partial charge in [0.2, 0.25) is 5.96 Å². The quantitative estimate of drug-likeness (QED) is 0.248. The molecule has 2 bridgehead atoms. The second-order valence-electron chi connectivity index (χ2n) is 5.97. The average Bonchev–Trinajstić information content (AvgIpc) is 2.38. The van der Waals surface area contributed by atoms with Crippen LogP contribution in [0.5, 0.6) is 0 Å². The molecule has 0 aromatic heterocycles. The lowest BCUT2D eigenvalue weighted by Gasteiger charge is -2.62. The van der Waals surface area contributed by atoms with E-state index in [1.54, 1.807) is 0 Å². The molecule has 1 saturated carbocycles. The summed E-state index contributed by atoms with van der Waals surface area (Å²) in [5, 5.41) is 51.6. The molecule has 1 spiro atoms. The van der Waals surface area contributed by atoms with Gasteiger partial charge in [0.05, 0.1) is 0 Å². The van der Waals surface area contributed by atoms with E-state index in [1.165, 1.54) is 6.92 Å². The highest BCUT2D eigenvalue weighted by molar-refractivity contribution is 5.84. The fraction of sp³-hybridized carbons (Fsp3) is 0.818. The van der Waals surface area contributed by atoms with Crippen LogP contribution < -0.4 is 5.73 Å². The number of aliphatic hydroxyl groups excluding tert-OH is 3. The van der Waals surface area contributed by atoms with Crippen molar-refractivity contribution in [3.63, 3.8) is 0 Å². The molecule has 10 heteroatoms. The molecule has 2 aliphatic heterocycles. The van der Waals surface area contributed by atoms with Crippen LogP contribution in [-0.4, -0.2) is 78.3 Å². The lowest BCUT2D eigenvalue weighted by Crippen LogP contribution is -2.84. The Balaban J connectivity index is 2.22. The van der Waals surface area contributed by atoms with Crippen molar-refractivity contribution in [2.45, 2.75) is 49.0 Å². The molecule has 0 amide bonds. The Labute approximate surface area is 119 Å². The summed E-state index contributed by atoms with van der Waals surface area (Å²) < 4.78 is 4.87. The predicted molar refractivity (Wildman–Crippen MR) is 64.6 cm³/mol. The van der Waals surface area contributed by atoms with Gasteiger partial charge in [0.1, 0.15) is 17.2 Å². The molecular formula is C11H17N3O7. The van der Waals surface area contributed by atoms with E-state index < -0.39 is 53.5 Å². The van der Waals surface area contributed by atoms with E-state index >= 15 is 0 Å². The molecule has 118 valence electrons. The first-order valence-electron chi connectivity index (χ1n) is 6.43. The van der Waals surface area contributed by atoms with E-state index in [1.807, 2.05) is 0 Å². The highest BCUT2D eigenvalue weighted by Gasteiger charge is 2.73. The Kier molecular flexibility index (Phi) is 2.79. The normalized spacial score (nSPS) is 52.9. The van der Waals surface area contributed by atoms with Gasteiger partial charge in [-0.2, -0.15) is 0 Å². The van der Waals surface area contributed by atoms with E-state index in [-0.39, 0.29) is 6.42 Å². The van der Waals surface area contributed by atoms with Gasteiger partial charge < -0.3 is 30.9 Å².